The van der Waals surface area contributed by atoms with E-state index in [1.165, 1.54) is 0 Å². The molecule has 0 radical (unpaired) electrons. The maximum atomic E-state index is 13.5. The van der Waals surface area contributed by atoms with Gasteiger partial charge in [0.1, 0.15) is 226 Å². The summed E-state index contributed by atoms with van der Waals surface area (Å²) in [6.45, 7) is -9.87. The number of amides is 1. The number of rotatable bonds is 15. The van der Waals surface area contributed by atoms with Gasteiger partial charge >= 0.3 is 0 Å². The molecule has 30 N–H and O–H groups in total. The first kappa shape index (κ1) is 88.4. The molecule has 0 aromatic rings. The molecule has 24 rings (SSSR count). The second-order valence-electron chi connectivity index (χ2n) is 28.2. The smallest absolute Gasteiger partial charge is 0.252 e. The zero-order valence-corrected chi connectivity index (χ0v) is 57.5. The average Bonchev–Trinajstić information content (AvgIpc) is 0.765. The fourth-order valence-electron chi connectivity index (χ4n) is 14.7. The fourth-order valence-corrected chi connectivity index (χ4v) is 14.7. The summed E-state index contributed by atoms with van der Waals surface area (Å²) in [6, 6.07) is -1.85. The lowest BCUT2D eigenvalue weighted by Crippen LogP contribution is -2.68. The van der Waals surface area contributed by atoms with E-state index in [0.717, 1.165) is 0 Å². The summed E-state index contributed by atoms with van der Waals surface area (Å²) in [4.78, 5) is 13.5. The minimum Gasteiger partial charge on any atom is -0.394 e. The molecule has 0 spiro atoms. The lowest BCUT2D eigenvalue weighted by Gasteiger charge is -2.50. The number of aliphatic hydroxyl groups excluding tert-OH is 29. The van der Waals surface area contributed by atoms with Gasteiger partial charge in [0, 0.05) is 6.42 Å². The van der Waals surface area contributed by atoms with Crippen LogP contribution in [0.2, 0.25) is 0 Å². The maximum Gasteiger partial charge on any atom is 0.252 e. The molecule has 24 fully saturated rings. The Hall–Kier alpha value is -2.45. The Morgan fingerprint density at radius 2 is 0.564 bits per heavy atom. The van der Waals surface area contributed by atoms with Crippen LogP contribution in [0.25, 0.3) is 0 Å². The Morgan fingerprint density at radius 3 is 0.864 bits per heavy atom. The molecule has 3 unspecified atom stereocenters. The molecule has 24 heterocycles. The molecular weight excluding hydrogens is 1520 g/mol. The van der Waals surface area contributed by atoms with Gasteiger partial charge in [-0.2, -0.15) is 0 Å². The number of ether oxygens (including phenoxy) is 19. The van der Waals surface area contributed by atoms with Crippen LogP contribution < -0.4 is 5.32 Å². The number of hydrogen-bond donors (Lipinski definition) is 30. The van der Waals surface area contributed by atoms with Gasteiger partial charge in [-0.1, -0.05) is 0 Å². The van der Waals surface area contributed by atoms with Crippen molar-refractivity contribution >= 4 is 5.91 Å². The second-order valence-corrected chi connectivity index (χ2v) is 28.2. The average molecular weight is 1620 g/mol. The Morgan fingerprint density at radius 1 is 0.273 bits per heavy atom. The molecule has 1 amide bonds. The van der Waals surface area contributed by atoms with Crippen molar-refractivity contribution in [2.24, 2.45) is 0 Å². The van der Waals surface area contributed by atoms with Crippen LogP contribution in [0.1, 0.15) is 6.42 Å². The number of carbonyl (C=O) groups excluding carboxylic acids is 1. The van der Waals surface area contributed by atoms with E-state index >= 15 is 0 Å². The molecule has 110 heavy (non-hydrogen) atoms. The van der Waals surface area contributed by atoms with Gasteiger partial charge in [0.05, 0.1) is 65.6 Å². The van der Waals surface area contributed by atoms with Gasteiger partial charge in [0.2, 0.25) is 0 Å². The van der Waals surface area contributed by atoms with Crippen LogP contribution in [0.3, 0.4) is 0 Å². The molecule has 0 aliphatic carbocycles. The van der Waals surface area contributed by atoms with E-state index in [9.17, 15) is 153 Å². The number of aliphatic hydroxyl groups is 29. The van der Waals surface area contributed by atoms with E-state index in [1.807, 2.05) is 0 Å². The summed E-state index contributed by atoms with van der Waals surface area (Å²) in [5.74, 6) is -1.40. The van der Waals surface area contributed by atoms with Crippen molar-refractivity contribution in [1.29, 1.82) is 0 Å². The molecule has 24 aliphatic rings. The molecule has 50 heteroatoms. The Labute approximate surface area is 619 Å². The van der Waals surface area contributed by atoms with Crippen LogP contribution in [0.5, 0.6) is 0 Å². The third kappa shape index (κ3) is 17.8. The molecule has 49 atom stereocenters. The summed E-state index contributed by atoms with van der Waals surface area (Å²) in [5.41, 5.74) is 0. The minimum atomic E-state index is -2.45. The summed E-state index contributed by atoms with van der Waals surface area (Å²) in [6.07, 6.45) is -102. The van der Waals surface area contributed by atoms with Gasteiger partial charge in [0.25, 0.3) is 5.91 Å². The molecule has 14 bridgehead atoms. The minimum absolute atomic E-state index is 0.689. The Balaban J connectivity index is 0.848. The summed E-state index contributed by atoms with van der Waals surface area (Å²) < 4.78 is 109. The van der Waals surface area contributed by atoms with E-state index in [-0.39, 0.29) is 0 Å². The van der Waals surface area contributed by atoms with Crippen molar-refractivity contribution in [2.75, 3.05) is 59.5 Å². The molecule has 24 aliphatic heterocycles. The molecule has 0 saturated carbocycles. The van der Waals surface area contributed by atoms with Crippen molar-refractivity contribution in [2.45, 2.75) is 307 Å². The largest absolute Gasteiger partial charge is 0.394 e. The van der Waals surface area contributed by atoms with Crippen LogP contribution in [0.4, 0.5) is 0 Å². The third-order valence-corrected chi connectivity index (χ3v) is 21.1. The van der Waals surface area contributed by atoms with Crippen LogP contribution in [0, 0.1) is 0 Å². The van der Waals surface area contributed by atoms with Gasteiger partial charge in [-0.25, -0.2) is 0 Å². The molecular formula is C60H99NO49. The van der Waals surface area contributed by atoms with Gasteiger partial charge < -0.3 is 243 Å². The van der Waals surface area contributed by atoms with Crippen molar-refractivity contribution in [1.82, 2.24) is 5.32 Å². The quantitative estimate of drug-likeness (QED) is 0.0724. The van der Waals surface area contributed by atoms with E-state index in [2.05, 4.69) is 5.32 Å². The highest BCUT2D eigenvalue weighted by Gasteiger charge is 2.61. The topological polar surface area (TPSA) is 791 Å². The first-order valence-corrected chi connectivity index (χ1v) is 35.2. The van der Waals surface area contributed by atoms with Gasteiger partial charge in [-0.15, -0.1) is 0 Å². The highest BCUT2D eigenvalue weighted by atomic mass is 16.8. The summed E-state index contributed by atoms with van der Waals surface area (Å²) >= 11 is 0. The predicted octanol–water partition coefficient (Wildman–Crippen LogP) is -21.6. The maximum absolute atomic E-state index is 13.5. The van der Waals surface area contributed by atoms with Gasteiger partial charge in [-0.3, -0.25) is 4.79 Å². The van der Waals surface area contributed by atoms with Crippen molar-refractivity contribution in [3.63, 3.8) is 0 Å². The lowest BCUT2D eigenvalue weighted by molar-refractivity contribution is -0.399. The molecule has 24 saturated heterocycles. The van der Waals surface area contributed by atoms with Gasteiger partial charge in [-0.05, 0) is 0 Å². The first-order chi connectivity index (χ1) is 52.3. The zero-order chi connectivity index (χ0) is 80.1. The van der Waals surface area contributed by atoms with Crippen LogP contribution >= 0.6 is 0 Å². The highest BCUT2D eigenvalue weighted by Crippen LogP contribution is 2.41. The van der Waals surface area contributed by atoms with Crippen LogP contribution in [-0.4, -0.2) is 514 Å². The Bertz CT molecular complexity index is 2850. The van der Waals surface area contributed by atoms with E-state index < -0.39 is 373 Å². The number of hydrogen-bond acceptors (Lipinski definition) is 49. The molecule has 0 aromatic carbocycles. The summed E-state index contributed by atoms with van der Waals surface area (Å²) in [5, 5.41) is 324. The van der Waals surface area contributed by atoms with Crippen LogP contribution in [0.15, 0.2) is 0 Å². The van der Waals surface area contributed by atoms with Crippen molar-refractivity contribution in [3.05, 3.63) is 0 Å². The summed E-state index contributed by atoms with van der Waals surface area (Å²) in [7, 11) is 0. The predicted molar refractivity (Wildman–Crippen MR) is 327 cm³/mol. The van der Waals surface area contributed by atoms with Gasteiger partial charge in [0.15, 0.2) is 69.0 Å². The highest BCUT2D eigenvalue weighted by molar-refractivity contribution is 5.82. The van der Waals surface area contributed by atoms with E-state index in [1.54, 1.807) is 0 Å². The molecule has 638 valence electrons. The van der Waals surface area contributed by atoms with Crippen molar-refractivity contribution < 1.29 is 243 Å². The fraction of sp³-hybridized carbons (Fsp3) is 0.983. The zero-order valence-electron chi connectivity index (χ0n) is 57.5. The van der Waals surface area contributed by atoms with Crippen LogP contribution in [-0.2, 0) is 94.8 Å². The number of nitrogens with one attached hydrogen (secondary N) is 1. The Kier molecular flexibility index (Phi) is 30.2. The number of carbonyl (C=O) groups is 1. The first-order valence-electron chi connectivity index (χ1n) is 35.2. The van der Waals surface area contributed by atoms with E-state index in [0.29, 0.717) is 0 Å². The second kappa shape index (κ2) is 37.7. The molecule has 50 nitrogen and oxygen atoms in total. The standard InChI is InChI=1S/C60H99NO49/c62-2-13-12(94-53-34(82)25(73)26(74)49(110-53)50(90)61-22-24(72)23(71)14(3-63)93-51(22)91)1-11(70)52(95-13)92-10-21-48-33(81)41(89)60(102-21)108-47-20(9-69)100-58(39(87)31(47)79)106-45-18(7-67)98-56(37(85)29(45)77)104-43-16(5-65)96-54(35(83)27(43)75)103-42-15(4-64)97-55(36(84)28(42)76)105-44-17(6-66)99-57(38(86)30(44)78)107-46-19(8-68)101-59(109-48)40(88)32(46)80/h11-49,51-60,62-89,91H,1-10H2,(H,61,90)/t11-,12+,13-,14-,15+,16-,17+,18-,19+,20-,21+,22+,23-,24-,25+,26+,27-,28-,29+,30-,31+,32-,33-,34-,35-,36-,37+,38-,39+,40-,41-,42-,43-,44-,45-,46-,47-,48-,49+,51?,52?,53+,54-,55-,56-,57-,58?,59-,60-/m1/s1. The normalized spacial score (nSPS) is 54.3. The lowest BCUT2D eigenvalue weighted by atomic mass is 9.95. The monoisotopic (exact) mass is 1620 g/mol. The van der Waals surface area contributed by atoms with E-state index in [4.69, 9.17) is 90.0 Å². The molecule has 0 aromatic heterocycles. The SMILES string of the molecule is O=C(N[C@@H]1C(O)O[C@H](CO)[C@@H](O)[C@@H]1O)[C@H]1O[C@H](O[C@H]2C[C@@H](O)C(OC[C@@H]3O[C@@H]4O[C@H]5[C@@H](O)[C@H](O)C(O[C@H]6[C@@H](O)[C@H](O)[C@@H](O[C@H]7[C@H](O)[C@@H](O)[C@@H](O[C@H]8[C@H](O)[C@@H](O)[C@@H](O[C@H]9[C@H](O)[C@@H](O)[C@@H](O[C@H]%10[C@H](O)[C@@H](O)[C@@H](O[C@H]3[C@H](O)[C@H]4O)O[C@H]%10CO)O[C@H]9CO)O[C@H]8CO)O[C@@H]7CO)O[C@@H]6CO)O[C@@H]5CO)O[C@@H]2CO)[C@H](O)[C@@H](O)[C@@H]1O. The third-order valence-electron chi connectivity index (χ3n) is 21.1. The van der Waals surface area contributed by atoms with Crippen molar-refractivity contribution in [3.8, 4) is 0 Å².